The number of anilines is 1. The Balaban J connectivity index is 2.88. The molecule has 0 aliphatic heterocycles. The molecule has 1 rings (SSSR count). The van der Waals surface area contributed by atoms with E-state index in [0.29, 0.717) is 6.42 Å². The van der Waals surface area contributed by atoms with E-state index in [1.54, 1.807) is 0 Å². The zero-order valence-corrected chi connectivity index (χ0v) is 11.1. The van der Waals surface area contributed by atoms with Crippen LogP contribution < -0.4 is 11.1 Å². The first kappa shape index (κ1) is 13.7. The van der Waals surface area contributed by atoms with E-state index in [1.807, 2.05) is 31.2 Å². The molecule has 0 aromatic heterocycles. The molecule has 0 radical (unpaired) electrons. The number of hydrogen-bond donors (Lipinski definition) is 2. The lowest BCUT2D eigenvalue weighted by molar-refractivity contribution is -0.116. The highest BCUT2D eigenvalue weighted by Gasteiger charge is 2.18. The Labute approximate surface area is 103 Å². The number of carbonyl (C=O) groups is 1. The summed E-state index contributed by atoms with van der Waals surface area (Å²) in [4.78, 5) is 11.7. The van der Waals surface area contributed by atoms with Gasteiger partial charge in [0.15, 0.2) is 0 Å². The SMILES string of the molecule is CC(N)CC(=O)Nc1ccccc1C(C)(C)C. The van der Waals surface area contributed by atoms with Crippen LogP contribution in [0.4, 0.5) is 5.69 Å². The molecule has 0 aliphatic rings. The summed E-state index contributed by atoms with van der Waals surface area (Å²) in [5.41, 5.74) is 7.64. The fourth-order valence-corrected chi connectivity index (χ4v) is 1.74. The zero-order valence-electron chi connectivity index (χ0n) is 11.1. The van der Waals surface area contributed by atoms with Crippen molar-refractivity contribution in [2.24, 2.45) is 5.73 Å². The molecule has 3 N–H and O–H groups in total. The smallest absolute Gasteiger partial charge is 0.225 e. The summed E-state index contributed by atoms with van der Waals surface area (Å²) >= 11 is 0. The molecule has 1 unspecified atom stereocenters. The number of amides is 1. The third-order valence-electron chi connectivity index (χ3n) is 2.52. The van der Waals surface area contributed by atoms with Crippen LogP contribution >= 0.6 is 0 Å². The standard InChI is InChI=1S/C14H22N2O/c1-10(15)9-13(17)16-12-8-6-5-7-11(12)14(2,3)4/h5-8,10H,9,15H2,1-4H3,(H,16,17). The largest absolute Gasteiger partial charge is 0.327 e. The van der Waals surface area contributed by atoms with Gasteiger partial charge in [0.05, 0.1) is 0 Å². The Morgan fingerprint density at radius 3 is 2.47 bits per heavy atom. The maximum absolute atomic E-state index is 11.7. The molecule has 0 aliphatic carbocycles. The molecule has 0 heterocycles. The predicted octanol–water partition coefficient (Wildman–Crippen LogP) is 2.66. The van der Waals surface area contributed by atoms with Crippen molar-refractivity contribution in [1.29, 1.82) is 0 Å². The van der Waals surface area contributed by atoms with Gasteiger partial charge in [0, 0.05) is 18.2 Å². The maximum atomic E-state index is 11.7. The lowest BCUT2D eigenvalue weighted by Gasteiger charge is -2.23. The van der Waals surface area contributed by atoms with E-state index < -0.39 is 0 Å². The van der Waals surface area contributed by atoms with Crippen molar-refractivity contribution in [3.63, 3.8) is 0 Å². The van der Waals surface area contributed by atoms with Crippen LogP contribution in [0, 0.1) is 0 Å². The van der Waals surface area contributed by atoms with Gasteiger partial charge in [-0.2, -0.15) is 0 Å². The minimum absolute atomic E-state index is 0.0121. The fourth-order valence-electron chi connectivity index (χ4n) is 1.74. The Kier molecular flexibility index (Phi) is 4.29. The van der Waals surface area contributed by atoms with E-state index in [1.165, 1.54) is 0 Å². The topological polar surface area (TPSA) is 55.1 Å². The average Bonchev–Trinajstić information content (AvgIpc) is 2.15. The number of para-hydroxylation sites is 1. The Morgan fingerprint density at radius 1 is 1.35 bits per heavy atom. The van der Waals surface area contributed by atoms with Crippen LogP contribution in [-0.2, 0) is 10.2 Å². The first-order chi connectivity index (χ1) is 7.80. The van der Waals surface area contributed by atoms with Crippen LogP contribution in [0.25, 0.3) is 0 Å². The Hall–Kier alpha value is -1.35. The highest BCUT2D eigenvalue weighted by atomic mass is 16.1. The second-order valence-corrected chi connectivity index (χ2v) is 5.53. The monoisotopic (exact) mass is 234 g/mol. The van der Waals surface area contributed by atoms with Gasteiger partial charge in [-0.15, -0.1) is 0 Å². The minimum Gasteiger partial charge on any atom is -0.327 e. The molecule has 0 saturated heterocycles. The van der Waals surface area contributed by atoms with Crippen LogP contribution in [0.2, 0.25) is 0 Å². The van der Waals surface area contributed by atoms with E-state index >= 15 is 0 Å². The second-order valence-electron chi connectivity index (χ2n) is 5.53. The van der Waals surface area contributed by atoms with Gasteiger partial charge in [-0.25, -0.2) is 0 Å². The van der Waals surface area contributed by atoms with Crippen molar-refractivity contribution in [1.82, 2.24) is 0 Å². The third-order valence-corrected chi connectivity index (χ3v) is 2.52. The number of benzene rings is 1. The summed E-state index contributed by atoms with van der Waals surface area (Å²) < 4.78 is 0. The number of nitrogens with one attached hydrogen (secondary N) is 1. The van der Waals surface area contributed by atoms with E-state index in [2.05, 4.69) is 26.1 Å². The molecule has 1 aromatic rings. The van der Waals surface area contributed by atoms with Gasteiger partial charge in [-0.1, -0.05) is 39.0 Å². The Bertz CT molecular complexity index is 391. The fraction of sp³-hybridized carbons (Fsp3) is 0.500. The van der Waals surface area contributed by atoms with Crippen molar-refractivity contribution in [3.05, 3.63) is 29.8 Å². The van der Waals surface area contributed by atoms with E-state index in [0.717, 1.165) is 11.3 Å². The van der Waals surface area contributed by atoms with Gasteiger partial charge in [0.25, 0.3) is 0 Å². The van der Waals surface area contributed by atoms with Crippen LogP contribution in [0.15, 0.2) is 24.3 Å². The zero-order chi connectivity index (χ0) is 13.1. The Morgan fingerprint density at radius 2 is 1.94 bits per heavy atom. The normalized spacial score (nSPS) is 13.2. The van der Waals surface area contributed by atoms with Gasteiger partial charge >= 0.3 is 0 Å². The lowest BCUT2D eigenvalue weighted by atomic mass is 9.86. The van der Waals surface area contributed by atoms with Gasteiger partial charge in [0.1, 0.15) is 0 Å². The summed E-state index contributed by atoms with van der Waals surface area (Å²) in [7, 11) is 0. The molecule has 3 nitrogen and oxygen atoms in total. The molecule has 1 amide bonds. The summed E-state index contributed by atoms with van der Waals surface area (Å²) in [6, 6.07) is 7.77. The second kappa shape index (κ2) is 5.32. The van der Waals surface area contributed by atoms with Gasteiger partial charge in [0.2, 0.25) is 5.91 Å². The third kappa shape index (κ3) is 4.19. The molecule has 17 heavy (non-hydrogen) atoms. The molecule has 0 bridgehead atoms. The molecule has 1 atom stereocenters. The molecular weight excluding hydrogens is 212 g/mol. The van der Waals surface area contributed by atoms with Gasteiger partial charge in [-0.3, -0.25) is 4.79 Å². The highest BCUT2D eigenvalue weighted by Crippen LogP contribution is 2.29. The first-order valence-corrected chi connectivity index (χ1v) is 5.95. The predicted molar refractivity (Wildman–Crippen MR) is 72.0 cm³/mol. The first-order valence-electron chi connectivity index (χ1n) is 5.95. The summed E-state index contributed by atoms with van der Waals surface area (Å²) in [6.07, 6.45) is 0.346. The summed E-state index contributed by atoms with van der Waals surface area (Å²) in [5, 5.41) is 2.93. The molecule has 1 aromatic carbocycles. The lowest BCUT2D eigenvalue weighted by Crippen LogP contribution is -2.25. The quantitative estimate of drug-likeness (QED) is 0.844. The maximum Gasteiger partial charge on any atom is 0.225 e. The van der Waals surface area contributed by atoms with Gasteiger partial charge < -0.3 is 11.1 Å². The molecule has 0 saturated carbocycles. The number of hydrogen-bond acceptors (Lipinski definition) is 2. The van der Waals surface area contributed by atoms with E-state index in [-0.39, 0.29) is 17.4 Å². The van der Waals surface area contributed by atoms with Crippen molar-refractivity contribution in [2.45, 2.75) is 45.6 Å². The van der Waals surface area contributed by atoms with Crippen LogP contribution in [-0.4, -0.2) is 11.9 Å². The molecule has 0 spiro atoms. The molecular formula is C14H22N2O. The average molecular weight is 234 g/mol. The number of rotatable bonds is 3. The molecule has 3 heteroatoms. The summed E-state index contributed by atoms with van der Waals surface area (Å²) in [6.45, 7) is 8.21. The van der Waals surface area contributed by atoms with E-state index in [9.17, 15) is 4.79 Å². The summed E-state index contributed by atoms with van der Waals surface area (Å²) in [5.74, 6) is -0.0308. The number of carbonyl (C=O) groups excluding carboxylic acids is 1. The van der Waals surface area contributed by atoms with Gasteiger partial charge in [-0.05, 0) is 24.0 Å². The molecule has 94 valence electrons. The van der Waals surface area contributed by atoms with Crippen molar-refractivity contribution >= 4 is 11.6 Å². The van der Waals surface area contributed by atoms with Crippen LogP contribution in [0.3, 0.4) is 0 Å². The van der Waals surface area contributed by atoms with E-state index in [4.69, 9.17) is 5.73 Å². The van der Waals surface area contributed by atoms with Crippen molar-refractivity contribution < 1.29 is 4.79 Å². The van der Waals surface area contributed by atoms with Crippen LogP contribution in [0.1, 0.15) is 39.7 Å². The molecule has 0 fully saturated rings. The van der Waals surface area contributed by atoms with Crippen molar-refractivity contribution in [2.75, 3.05) is 5.32 Å². The van der Waals surface area contributed by atoms with Crippen LogP contribution in [0.5, 0.6) is 0 Å². The highest BCUT2D eigenvalue weighted by molar-refractivity contribution is 5.92. The van der Waals surface area contributed by atoms with Crippen molar-refractivity contribution in [3.8, 4) is 0 Å². The number of nitrogens with two attached hydrogens (primary N) is 1. The minimum atomic E-state index is -0.114.